The largest absolute Gasteiger partial charge is 0.352 e. The Kier molecular flexibility index (Phi) is 6.83. The Bertz CT molecular complexity index is 615. The zero-order valence-electron chi connectivity index (χ0n) is 12.3. The molecule has 1 rings (SSSR count). The summed E-state index contributed by atoms with van der Waals surface area (Å²) in [6.07, 6.45) is 4.25. The van der Waals surface area contributed by atoms with Crippen LogP contribution in [-0.2, 0) is 10.0 Å². The second-order valence-electron chi connectivity index (χ2n) is 4.94. The molecule has 1 aromatic rings. The van der Waals surface area contributed by atoms with Crippen molar-refractivity contribution in [3.63, 3.8) is 0 Å². The van der Waals surface area contributed by atoms with Crippen molar-refractivity contribution in [1.82, 2.24) is 5.32 Å². The maximum Gasteiger partial charge on any atom is 0.251 e. The normalized spacial score (nSPS) is 11.4. The molecule has 21 heavy (non-hydrogen) atoms. The third kappa shape index (κ3) is 5.41. The number of hydrogen-bond donors (Lipinski definition) is 2. The Labute approximate surface area is 134 Å². The van der Waals surface area contributed by atoms with Crippen LogP contribution in [0.4, 0.5) is 0 Å². The molecule has 1 amide bonds. The summed E-state index contributed by atoms with van der Waals surface area (Å²) in [6, 6.07) is 2.72. The summed E-state index contributed by atoms with van der Waals surface area (Å²) < 4.78 is 23.4. The molecule has 0 radical (unpaired) electrons. The second kappa shape index (κ2) is 7.91. The number of carbonyl (C=O) groups excluding carboxylic acids is 1. The van der Waals surface area contributed by atoms with Crippen LogP contribution < -0.4 is 10.5 Å². The van der Waals surface area contributed by atoms with Crippen LogP contribution in [0.1, 0.15) is 48.5 Å². The Hall–Kier alpha value is -0.920. The Morgan fingerprint density at radius 3 is 2.52 bits per heavy atom. The monoisotopic (exact) mass is 376 g/mol. The number of nitrogens with one attached hydrogen (secondary N) is 1. The van der Waals surface area contributed by atoms with Crippen LogP contribution in [0.25, 0.3) is 0 Å². The van der Waals surface area contributed by atoms with E-state index in [4.69, 9.17) is 5.14 Å². The van der Waals surface area contributed by atoms with Crippen LogP contribution in [0.3, 0.4) is 0 Å². The molecule has 0 spiro atoms. The lowest BCUT2D eigenvalue weighted by Crippen LogP contribution is -2.26. The minimum atomic E-state index is -3.84. The van der Waals surface area contributed by atoms with E-state index < -0.39 is 10.0 Å². The molecule has 0 heterocycles. The summed E-state index contributed by atoms with van der Waals surface area (Å²) >= 11 is 3.26. The number of amides is 1. The molecule has 0 aromatic heterocycles. The second-order valence-corrected chi connectivity index (χ2v) is 7.35. The molecule has 0 fully saturated rings. The van der Waals surface area contributed by atoms with Gasteiger partial charge in [-0.2, -0.15) is 0 Å². The zero-order valence-corrected chi connectivity index (χ0v) is 14.7. The van der Waals surface area contributed by atoms with E-state index in [1.54, 1.807) is 6.92 Å². The van der Waals surface area contributed by atoms with E-state index in [1.165, 1.54) is 12.1 Å². The number of rotatable bonds is 7. The van der Waals surface area contributed by atoms with Crippen molar-refractivity contribution in [3.8, 4) is 0 Å². The van der Waals surface area contributed by atoms with Crippen LogP contribution in [-0.4, -0.2) is 20.9 Å². The van der Waals surface area contributed by atoms with Crippen molar-refractivity contribution in [1.29, 1.82) is 0 Å². The van der Waals surface area contributed by atoms with E-state index in [0.29, 0.717) is 22.1 Å². The van der Waals surface area contributed by atoms with Crippen LogP contribution in [0.2, 0.25) is 0 Å². The van der Waals surface area contributed by atoms with Crippen LogP contribution in [0, 0.1) is 6.92 Å². The molecule has 118 valence electrons. The van der Waals surface area contributed by atoms with Crippen molar-refractivity contribution in [2.24, 2.45) is 5.14 Å². The van der Waals surface area contributed by atoms with Gasteiger partial charge in [-0.25, -0.2) is 13.6 Å². The van der Waals surface area contributed by atoms with Crippen LogP contribution >= 0.6 is 15.9 Å². The molecule has 0 unspecified atom stereocenters. The minimum absolute atomic E-state index is 0.0730. The number of sulfonamides is 1. The first kappa shape index (κ1) is 18.1. The predicted molar refractivity (Wildman–Crippen MR) is 86.7 cm³/mol. The molecule has 0 saturated heterocycles. The zero-order chi connectivity index (χ0) is 16.0. The number of benzene rings is 1. The molecule has 0 aliphatic rings. The van der Waals surface area contributed by atoms with Gasteiger partial charge in [0.15, 0.2) is 0 Å². The number of halogens is 1. The van der Waals surface area contributed by atoms with Gasteiger partial charge in [-0.3, -0.25) is 4.79 Å². The maximum atomic E-state index is 12.2. The summed E-state index contributed by atoms with van der Waals surface area (Å²) in [7, 11) is -3.84. The fourth-order valence-electron chi connectivity index (χ4n) is 1.90. The maximum absolute atomic E-state index is 12.2. The number of nitrogens with two attached hydrogens (primary N) is 1. The van der Waals surface area contributed by atoms with Crippen molar-refractivity contribution >= 4 is 31.9 Å². The van der Waals surface area contributed by atoms with E-state index in [1.807, 2.05) is 0 Å². The number of hydrogen-bond acceptors (Lipinski definition) is 3. The molecule has 7 heteroatoms. The highest BCUT2D eigenvalue weighted by Gasteiger charge is 2.17. The van der Waals surface area contributed by atoms with Crippen molar-refractivity contribution in [2.45, 2.75) is 44.4 Å². The van der Waals surface area contributed by atoms with Crippen molar-refractivity contribution in [3.05, 3.63) is 27.7 Å². The van der Waals surface area contributed by atoms with Gasteiger partial charge in [0.1, 0.15) is 0 Å². The first-order valence-electron chi connectivity index (χ1n) is 6.88. The van der Waals surface area contributed by atoms with Crippen LogP contribution in [0.15, 0.2) is 21.5 Å². The predicted octanol–water partition coefficient (Wildman–Crippen LogP) is 2.72. The highest BCUT2D eigenvalue weighted by atomic mass is 79.9. The van der Waals surface area contributed by atoms with Gasteiger partial charge < -0.3 is 5.32 Å². The molecular weight excluding hydrogens is 356 g/mol. The molecule has 1 aromatic carbocycles. The van der Waals surface area contributed by atoms with E-state index in [-0.39, 0.29) is 10.8 Å². The average Bonchev–Trinajstić information content (AvgIpc) is 2.40. The third-order valence-corrected chi connectivity index (χ3v) is 4.92. The summed E-state index contributed by atoms with van der Waals surface area (Å²) in [5.74, 6) is -0.282. The number of carbonyl (C=O) groups is 1. The highest BCUT2D eigenvalue weighted by Crippen LogP contribution is 2.24. The standard InChI is InChI=1S/C14H21BrN2O3S/c1-3-4-5-6-7-17-14(18)12-8-11(21(16,19)20)9-13(15)10(12)2/h8-9H,3-7H2,1-2H3,(H,17,18)(H2,16,19,20). The Morgan fingerprint density at radius 1 is 1.29 bits per heavy atom. The van der Waals surface area contributed by atoms with Crippen molar-refractivity contribution in [2.75, 3.05) is 6.54 Å². The van der Waals surface area contributed by atoms with E-state index in [2.05, 4.69) is 28.2 Å². The Balaban J connectivity index is 2.86. The SMILES string of the molecule is CCCCCCNC(=O)c1cc(S(N)(=O)=O)cc(Br)c1C. The highest BCUT2D eigenvalue weighted by molar-refractivity contribution is 9.10. The Morgan fingerprint density at radius 2 is 1.95 bits per heavy atom. The first-order chi connectivity index (χ1) is 9.77. The van der Waals surface area contributed by atoms with Crippen molar-refractivity contribution < 1.29 is 13.2 Å². The lowest BCUT2D eigenvalue weighted by molar-refractivity contribution is 0.0952. The van der Waals surface area contributed by atoms with Gasteiger partial charge in [0.05, 0.1) is 4.90 Å². The fraction of sp³-hybridized carbons (Fsp3) is 0.500. The average molecular weight is 377 g/mol. The molecule has 0 aliphatic carbocycles. The summed E-state index contributed by atoms with van der Waals surface area (Å²) in [4.78, 5) is 12.1. The third-order valence-electron chi connectivity index (χ3n) is 3.21. The van der Waals surface area contributed by atoms with Gasteiger partial charge in [-0.15, -0.1) is 0 Å². The molecule has 0 aliphatic heterocycles. The van der Waals surface area contributed by atoms with Gasteiger partial charge in [0.2, 0.25) is 10.0 Å². The minimum Gasteiger partial charge on any atom is -0.352 e. The summed E-state index contributed by atoms with van der Waals surface area (Å²) in [6.45, 7) is 4.46. The van der Waals surface area contributed by atoms with Crippen LogP contribution in [0.5, 0.6) is 0 Å². The lowest BCUT2D eigenvalue weighted by Gasteiger charge is -2.11. The van der Waals surface area contributed by atoms with Gasteiger partial charge in [0, 0.05) is 16.6 Å². The topological polar surface area (TPSA) is 89.3 Å². The smallest absolute Gasteiger partial charge is 0.251 e. The van der Waals surface area contributed by atoms with E-state index in [9.17, 15) is 13.2 Å². The lowest BCUT2D eigenvalue weighted by atomic mass is 10.1. The fourth-order valence-corrected chi connectivity index (χ4v) is 3.08. The summed E-state index contributed by atoms with van der Waals surface area (Å²) in [5, 5.41) is 7.93. The van der Waals surface area contributed by atoms with Gasteiger partial charge in [-0.1, -0.05) is 42.1 Å². The van der Waals surface area contributed by atoms with Gasteiger partial charge >= 0.3 is 0 Å². The molecular formula is C14H21BrN2O3S. The van der Waals surface area contributed by atoms with E-state index >= 15 is 0 Å². The molecule has 0 atom stereocenters. The van der Waals surface area contributed by atoms with E-state index in [0.717, 1.165) is 25.7 Å². The summed E-state index contributed by atoms with van der Waals surface area (Å²) in [5.41, 5.74) is 1.01. The number of primary sulfonamides is 1. The molecule has 3 N–H and O–H groups in total. The molecule has 0 bridgehead atoms. The number of unbranched alkanes of at least 4 members (excludes halogenated alkanes) is 3. The quantitative estimate of drug-likeness (QED) is 0.716. The van der Waals surface area contributed by atoms with Gasteiger partial charge in [-0.05, 0) is 31.0 Å². The molecule has 0 saturated carbocycles. The molecule has 5 nitrogen and oxygen atoms in total. The van der Waals surface area contributed by atoms with Gasteiger partial charge in [0.25, 0.3) is 5.91 Å². The first-order valence-corrected chi connectivity index (χ1v) is 9.22.